The highest BCUT2D eigenvalue weighted by Gasteiger charge is 2.19. The van der Waals surface area contributed by atoms with Crippen LogP contribution in [0.3, 0.4) is 0 Å². The van der Waals surface area contributed by atoms with Crippen molar-refractivity contribution in [2.24, 2.45) is 5.92 Å². The molecule has 2 unspecified atom stereocenters. The maximum absolute atomic E-state index is 13.1. The number of benzene rings is 1. The molecule has 1 aromatic carbocycles. The van der Waals surface area contributed by atoms with E-state index in [1.54, 1.807) is 6.92 Å². The Bertz CT molecular complexity index is 463. The highest BCUT2D eigenvalue weighted by molar-refractivity contribution is 5.76. The van der Waals surface area contributed by atoms with Crippen molar-refractivity contribution in [1.82, 2.24) is 5.32 Å². The molecule has 2 N–H and O–H groups in total. The molecule has 0 saturated heterocycles. The number of aliphatic hydroxyl groups excluding tert-OH is 1. The summed E-state index contributed by atoms with van der Waals surface area (Å²) in [6, 6.07) is 2.64. The summed E-state index contributed by atoms with van der Waals surface area (Å²) in [5.74, 6) is -1.71. The summed E-state index contributed by atoms with van der Waals surface area (Å²) in [5.41, 5.74) is 0.237. The Labute approximate surface area is 118 Å². The maximum Gasteiger partial charge on any atom is 0.220 e. The second-order valence-corrected chi connectivity index (χ2v) is 5.41. The molecular weight excluding hydrogens is 264 g/mol. The van der Waals surface area contributed by atoms with Crippen LogP contribution in [0.25, 0.3) is 0 Å². The second-order valence-electron chi connectivity index (χ2n) is 5.41. The molecule has 0 aromatic heterocycles. The quantitative estimate of drug-likeness (QED) is 0.844. The highest BCUT2D eigenvalue weighted by atomic mass is 19.2. The third-order valence-electron chi connectivity index (χ3n) is 3.10. The van der Waals surface area contributed by atoms with Gasteiger partial charge in [-0.05, 0) is 37.0 Å². The van der Waals surface area contributed by atoms with Crippen molar-refractivity contribution >= 4 is 5.91 Å². The molecule has 0 saturated carbocycles. The number of halogens is 2. The van der Waals surface area contributed by atoms with Crippen LogP contribution in [0.5, 0.6) is 0 Å². The second kappa shape index (κ2) is 7.33. The van der Waals surface area contributed by atoms with E-state index < -0.39 is 23.8 Å². The summed E-state index contributed by atoms with van der Waals surface area (Å²) in [4.78, 5) is 11.7. The van der Waals surface area contributed by atoms with E-state index in [0.29, 0.717) is 12.3 Å². The van der Waals surface area contributed by atoms with Gasteiger partial charge in [0.2, 0.25) is 5.91 Å². The van der Waals surface area contributed by atoms with E-state index in [-0.39, 0.29) is 11.5 Å². The van der Waals surface area contributed by atoms with Gasteiger partial charge in [0.25, 0.3) is 0 Å². The first-order chi connectivity index (χ1) is 9.31. The molecule has 1 rings (SSSR count). The van der Waals surface area contributed by atoms with Gasteiger partial charge in [-0.2, -0.15) is 0 Å². The molecule has 112 valence electrons. The number of hydrogen-bond acceptors (Lipinski definition) is 2. The Morgan fingerprint density at radius 3 is 2.45 bits per heavy atom. The minimum Gasteiger partial charge on any atom is -0.386 e. The Morgan fingerprint density at radius 2 is 1.90 bits per heavy atom. The summed E-state index contributed by atoms with van der Waals surface area (Å²) in [7, 11) is 0. The minimum atomic E-state index is -1.08. The molecule has 0 fully saturated rings. The minimum absolute atomic E-state index is 0.159. The summed E-state index contributed by atoms with van der Waals surface area (Å²) < 4.78 is 25.9. The van der Waals surface area contributed by atoms with Gasteiger partial charge < -0.3 is 10.4 Å². The van der Waals surface area contributed by atoms with Crippen LogP contribution in [0.4, 0.5) is 8.78 Å². The fourth-order valence-electron chi connectivity index (χ4n) is 1.81. The maximum atomic E-state index is 13.1. The number of carbonyl (C=O) groups is 1. The van der Waals surface area contributed by atoms with Gasteiger partial charge in [-0.25, -0.2) is 8.78 Å². The van der Waals surface area contributed by atoms with Gasteiger partial charge in [-0.3, -0.25) is 4.79 Å². The van der Waals surface area contributed by atoms with Crippen molar-refractivity contribution in [3.05, 3.63) is 35.4 Å². The predicted molar refractivity (Wildman–Crippen MR) is 73.0 cm³/mol. The lowest BCUT2D eigenvalue weighted by Crippen LogP contribution is -2.37. The first-order valence-electron chi connectivity index (χ1n) is 6.73. The van der Waals surface area contributed by atoms with Gasteiger partial charge in [0.05, 0.1) is 12.1 Å². The smallest absolute Gasteiger partial charge is 0.220 e. The van der Waals surface area contributed by atoms with Gasteiger partial charge in [-0.15, -0.1) is 0 Å². The number of rotatable bonds is 6. The van der Waals surface area contributed by atoms with E-state index in [0.717, 1.165) is 18.6 Å². The normalized spacial score (nSPS) is 14.2. The van der Waals surface area contributed by atoms with Crippen LogP contribution in [0, 0.1) is 17.6 Å². The molecule has 0 radical (unpaired) electrons. The summed E-state index contributed by atoms with van der Waals surface area (Å²) in [5, 5.41) is 12.7. The van der Waals surface area contributed by atoms with Crippen LogP contribution in [0.1, 0.15) is 45.3 Å². The fourth-order valence-corrected chi connectivity index (χ4v) is 1.81. The molecule has 3 nitrogen and oxygen atoms in total. The molecule has 0 spiro atoms. The summed E-state index contributed by atoms with van der Waals surface area (Å²) in [6.07, 6.45) is 0.0693. The standard InChI is InChI=1S/C15H21F2NO2/c1-9(2)4-7-14(19)18-10(3)15(20)11-5-6-12(16)13(17)8-11/h5-6,8-10,15,20H,4,7H2,1-3H3,(H,18,19). The molecule has 0 aliphatic heterocycles. The van der Waals surface area contributed by atoms with Crippen LogP contribution < -0.4 is 5.32 Å². The van der Waals surface area contributed by atoms with Gasteiger partial charge >= 0.3 is 0 Å². The van der Waals surface area contributed by atoms with E-state index in [4.69, 9.17) is 0 Å². The number of aliphatic hydroxyl groups is 1. The largest absolute Gasteiger partial charge is 0.386 e. The fraction of sp³-hybridized carbons (Fsp3) is 0.533. The molecule has 1 aromatic rings. The van der Waals surface area contributed by atoms with E-state index in [1.807, 2.05) is 13.8 Å². The van der Waals surface area contributed by atoms with Crippen LogP contribution in [-0.4, -0.2) is 17.1 Å². The molecule has 0 aliphatic rings. The lowest BCUT2D eigenvalue weighted by Gasteiger charge is -2.21. The van der Waals surface area contributed by atoms with Gasteiger partial charge in [0.15, 0.2) is 11.6 Å². The number of hydrogen-bond donors (Lipinski definition) is 2. The van der Waals surface area contributed by atoms with Crippen molar-refractivity contribution in [2.75, 3.05) is 0 Å². The average molecular weight is 285 g/mol. The molecule has 0 aliphatic carbocycles. The Kier molecular flexibility index (Phi) is 6.07. The third-order valence-corrected chi connectivity index (χ3v) is 3.10. The molecular formula is C15H21F2NO2. The number of carbonyl (C=O) groups excluding carboxylic acids is 1. The molecule has 0 bridgehead atoms. The van der Waals surface area contributed by atoms with Crippen molar-refractivity contribution in [3.63, 3.8) is 0 Å². The van der Waals surface area contributed by atoms with E-state index in [2.05, 4.69) is 5.32 Å². The lowest BCUT2D eigenvalue weighted by atomic mass is 10.0. The molecule has 0 heterocycles. The SMILES string of the molecule is CC(C)CCC(=O)NC(C)C(O)c1ccc(F)c(F)c1. The van der Waals surface area contributed by atoms with Crippen LogP contribution >= 0.6 is 0 Å². The van der Waals surface area contributed by atoms with Crippen LogP contribution in [-0.2, 0) is 4.79 Å². The molecule has 20 heavy (non-hydrogen) atoms. The monoisotopic (exact) mass is 285 g/mol. The first kappa shape index (κ1) is 16.6. The van der Waals surface area contributed by atoms with Crippen molar-refractivity contribution in [1.29, 1.82) is 0 Å². The lowest BCUT2D eigenvalue weighted by molar-refractivity contribution is -0.122. The van der Waals surface area contributed by atoms with E-state index in [1.165, 1.54) is 6.07 Å². The predicted octanol–water partition coefficient (Wildman–Crippen LogP) is 2.94. The summed E-state index contributed by atoms with van der Waals surface area (Å²) >= 11 is 0. The number of nitrogens with one attached hydrogen (secondary N) is 1. The van der Waals surface area contributed by atoms with Gasteiger partial charge in [-0.1, -0.05) is 19.9 Å². The number of amides is 1. The van der Waals surface area contributed by atoms with Gasteiger partial charge in [0, 0.05) is 6.42 Å². The topological polar surface area (TPSA) is 49.3 Å². The third kappa shape index (κ3) is 4.89. The Hall–Kier alpha value is -1.49. The molecule has 2 atom stereocenters. The van der Waals surface area contributed by atoms with Crippen LogP contribution in [0.2, 0.25) is 0 Å². The van der Waals surface area contributed by atoms with Crippen molar-refractivity contribution < 1.29 is 18.7 Å². The van der Waals surface area contributed by atoms with E-state index in [9.17, 15) is 18.7 Å². The zero-order valence-corrected chi connectivity index (χ0v) is 12.0. The van der Waals surface area contributed by atoms with Gasteiger partial charge in [0.1, 0.15) is 0 Å². The van der Waals surface area contributed by atoms with Crippen molar-refractivity contribution in [2.45, 2.75) is 45.8 Å². The zero-order chi connectivity index (χ0) is 15.3. The molecule has 1 amide bonds. The Balaban J connectivity index is 2.59. The van der Waals surface area contributed by atoms with Crippen molar-refractivity contribution in [3.8, 4) is 0 Å². The molecule has 5 heteroatoms. The van der Waals surface area contributed by atoms with E-state index >= 15 is 0 Å². The highest BCUT2D eigenvalue weighted by Crippen LogP contribution is 2.19. The average Bonchev–Trinajstić information content (AvgIpc) is 2.38. The Morgan fingerprint density at radius 1 is 1.25 bits per heavy atom. The van der Waals surface area contributed by atoms with Crippen LogP contribution in [0.15, 0.2) is 18.2 Å². The first-order valence-corrected chi connectivity index (χ1v) is 6.73. The summed E-state index contributed by atoms with van der Waals surface area (Å²) in [6.45, 7) is 5.67. The zero-order valence-electron chi connectivity index (χ0n) is 12.0.